The van der Waals surface area contributed by atoms with Crippen LogP contribution in [0.5, 0.6) is 0 Å². The van der Waals surface area contributed by atoms with Gasteiger partial charge in [0.15, 0.2) is 0 Å². The summed E-state index contributed by atoms with van der Waals surface area (Å²) >= 11 is 1.63. The number of nitrogens with zero attached hydrogens (tertiary/aromatic N) is 3. The molecule has 5 heteroatoms. The molecule has 0 unspecified atom stereocenters. The van der Waals surface area contributed by atoms with Crippen molar-refractivity contribution >= 4 is 22.9 Å². The van der Waals surface area contributed by atoms with Crippen molar-refractivity contribution in [2.45, 2.75) is 20.3 Å². The van der Waals surface area contributed by atoms with E-state index < -0.39 is 0 Å². The number of anilines is 1. The number of amides is 1. The van der Waals surface area contributed by atoms with E-state index in [1.54, 1.807) is 11.3 Å². The Morgan fingerprint density at radius 2 is 1.68 bits per heavy atom. The van der Waals surface area contributed by atoms with Gasteiger partial charge in [-0.1, -0.05) is 29.8 Å². The van der Waals surface area contributed by atoms with Crippen molar-refractivity contribution in [2.24, 2.45) is 0 Å². The van der Waals surface area contributed by atoms with E-state index in [2.05, 4.69) is 41.1 Å². The second-order valence-electron chi connectivity index (χ2n) is 7.34. The molecule has 0 atom stereocenters. The first kappa shape index (κ1) is 18.7. The number of aromatic nitrogens is 1. The maximum Gasteiger partial charge on any atom is 0.253 e. The second-order valence-corrected chi connectivity index (χ2v) is 8.20. The Kier molecular flexibility index (Phi) is 5.44. The molecule has 2 aromatic carbocycles. The van der Waals surface area contributed by atoms with Gasteiger partial charge >= 0.3 is 0 Å². The lowest BCUT2D eigenvalue weighted by atomic mass is 10.1. The van der Waals surface area contributed by atoms with Crippen molar-refractivity contribution in [1.82, 2.24) is 9.88 Å². The predicted molar refractivity (Wildman–Crippen MR) is 116 cm³/mol. The van der Waals surface area contributed by atoms with Gasteiger partial charge in [-0.05, 0) is 44.5 Å². The highest BCUT2D eigenvalue weighted by molar-refractivity contribution is 7.13. The molecule has 1 fully saturated rings. The van der Waals surface area contributed by atoms with Crippen molar-refractivity contribution in [1.29, 1.82) is 0 Å². The average molecular weight is 392 g/mol. The lowest BCUT2D eigenvalue weighted by Gasteiger charge is -2.24. The van der Waals surface area contributed by atoms with Gasteiger partial charge in [0.1, 0.15) is 5.01 Å². The minimum atomic E-state index is 0.118. The van der Waals surface area contributed by atoms with Crippen LogP contribution in [0.3, 0.4) is 0 Å². The second kappa shape index (κ2) is 8.15. The third-order valence-electron chi connectivity index (χ3n) is 5.18. The molecular formula is C23H25N3OS. The van der Waals surface area contributed by atoms with Crippen LogP contribution in [-0.4, -0.2) is 42.0 Å². The zero-order valence-corrected chi connectivity index (χ0v) is 17.2. The highest BCUT2D eigenvalue weighted by Gasteiger charge is 2.20. The minimum Gasteiger partial charge on any atom is -0.370 e. The van der Waals surface area contributed by atoms with Crippen LogP contribution in [0, 0.1) is 13.8 Å². The highest BCUT2D eigenvalue weighted by Crippen LogP contribution is 2.24. The average Bonchev–Trinajstić information content (AvgIpc) is 3.00. The maximum absolute atomic E-state index is 13.0. The summed E-state index contributed by atoms with van der Waals surface area (Å²) < 4.78 is 0. The van der Waals surface area contributed by atoms with E-state index in [9.17, 15) is 4.79 Å². The predicted octanol–water partition coefficient (Wildman–Crippen LogP) is 4.78. The van der Waals surface area contributed by atoms with E-state index in [4.69, 9.17) is 0 Å². The summed E-state index contributed by atoms with van der Waals surface area (Å²) in [5, 5.41) is 3.05. The molecule has 1 aliphatic heterocycles. The summed E-state index contributed by atoms with van der Waals surface area (Å²) in [7, 11) is 0. The molecule has 4 rings (SSSR count). The normalized spacial score (nSPS) is 14.8. The van der Waals surface area contributed by atoms with E-state index in [-0.39, 0.29) is 5.91 Å². The summed E-state index contributed by atoms with van der Waals surface area (Å²) in [6.07, 6.45) is 0.982. The molecule has 1 amide bonds. The Hall–Kier alpha value is -2.66. The first-order valence-electron chi connectivity index (χ1n) is 9.73. The molecule has 0 radical (unpaired) electrons. The van der Waals surface area contributed by atoms with Gasteiger partial charge in [-0.2, -0.15) is 0 Å². The number of rotatable bonds is 3. The van der Waals surface area contributed by atoms with Crippen molar-refractivity contribution in [3.05, 3.63) is 70.7 Å². The topological polar surface area (TPSA) is 36.4 Å². The van der Waals surface area contributed by atoms with E-state index in [0.717, 1.165) is 54.4 Å². The number of benzene rings is 2. The first-order chi connectivity index (χ1) is 13.6. The van der Waals surface area contributed by atoms with Crippen molar-refractivity contribution in [3.8, 4) is 10.6 Å². The van der Waals surface area contributed by atoms with E-state index in [0.29, 0.717) is 0 Å². The number of hydrogen-bond acceptors (Lipinski definition) is 4. The molecule has 3 aromatic rings. The van der Waals surface area contributed by atoms with Gasteiger partial charge in [-0.15, -0.1) is 11.3 Å². The van der Waals surface area contributed by atoms with Crippen LogP contribution < -0.4 is 4.90 Å². The quantitative estimate of drug-likeness (QED) is 0.645. The fourth-order valence-corrected chi connectivity index (χ4v) is 4.36. The van der Waals surface area contributed by atoms with Crippen LogP contribution in [0.4, 0.5) is 5.69 Å². The van der Waals surface area contributed by atoms with E-state index in [1.165, 1.54) is 11.3 Å². The maximum atomic E-state index is 13.0. The van der Waals surface area contributed by atoms with Gasteiger partial charge in [0.2, 0.25) is 0 Å². The summed E-state index contributed by atoms with van der Waals surface area (Å²) in [5.74, 6) is 0.118. The summed E-state index contributed by atoms with van der Waals surface area (Å²) in [6.45, 7) is 7.50. The van der Waals surface area contributed by atoms with Gasteiger partial charge < -0.3 is 9.80 Å². The molecule has 1 saturated heterocycles. The molecule has 0 spiro atoms. The smallest absolute Gasteiger partial charge is 0.253 e. The Morgan fingerprint density at radius 1 is 0.929 bits per heavy atom. The van der Waals surface area contributed by atoms with Gasteiger partial charge in [0, 0.05) is 54.1 Å². The largest absolute Gasteiger partial charge is 0.370 e. The van der Waals surface area contributed by atoms with Crippen LogP contribution in [0.15, 0.2) is 53.9 Å². The number of thiazole rings is 1. The van der Waals surface area contributed by atoms with Gasteiger partial charge in [0.25, 0.3) is 5.91 Å². The SMILES string of the molecule is Cc1ccc(N2CCCN(C(=O)c3ccc(-c4nc(C)cs4)cc3)CC2)cc1. The van der Waals surface area contributed by atoms with Crippen molar-refractivity contribution < 1.29 is 4.79 Å². The van der Waals surface area contributed by atoms with E-state index in [1.807, 2.05) is 41.5 Å². The Balaban J connectivity index is 1.42. The molecule has 0 aliphatic carbocycles. The molecule has 1 aromatic heterocycles. The van der Waals surface area contributed by atoms with Crippen LogP contribution >= 0.6 is 11.3 Å². The molecule has 0 bridgehead atoms. The zero-order chi connectivity index (χ0) is 19.5. The number of aryl methyl sites for hydroxylation is 2. The molecule has 28 heavy (non-hydrogen) atoms. The molecule has 4 nitrogen and oxygen atoms in total. The molecule has 1 aliphatic rings. The van der Waals surface area contributed by atoms with E-state index >= 15 is 0 Å². The third kappa shape index (κ3) is 4.09. The number of carbonyl (C=O) groups is 1. The Morgan fingerprint density at radius 3 is 2.36 bits per heavy atom. The Bertz CT molecular complexity index is 947. The van der Waals surface area contributed by atoms with Crippen LogP contribution in [0.2, 0.25) is 0 Å². The van der Waals surface area contributed by atoms with Gasteiger partial charge in [0.05, 0.1) is 0 Å². The lowest BCUT2D eigenvalue weighted by molar-refractivity contribution is 0.0767. The van der Waals surface area contributed by atoms with Gasteiger partial charge in [-0.25, -0.2) is 4.98 Å². The molecule has 0 N–H and O–H groups in total. The fraction of sp³-hybridized carbons (Fsp3) is 0.304. The molecule has 144 valence electrons. The van der Waals surface area contributed by atoms with Crippen molar-refractivity contribution in [2.75, 3.05) is 31.1 Å². The standard InChI is InChI=1S/C23H25N3OS/c1-17-4-10-21(11-5-17)25-12-3-13-26(15-14-25)23(27)20-8-6-19(7-9-20)22-24-18(2)16-28-22/h4-11,16H,3,12-15H2,1-2H3. The zero-order valence-electron chi connectivity index (χ0n) is 16.4. The lowest BCUT2D eigenvalue weighted by Crippen LogP contribution is -2.35. The molecular weight excluding hydrogens is 366 g/mol. The summed E-state index contributed by atoms with van der Waals surface area (Å²) in [5.41, 5.74) is 5.36. The van der Waals surface area contributed by atoms with Crippen molar-refractivity contribution in [3.63, 3.8) is 0 Å². The van der Waals surface area contributed by atoms with Crippen LogP contribution in [0.1, 0.15) is 28.0 Å². The monoisotopic (exact) mass is 391 g/mol. The minimum absolute atomic E-state index is 0.118. The molecule has 2 heterocycles. The summed E-state index contributed by atoms with van der Waals surface area (Å²) in [6, 6.07) is 16.5. The summed E-state index contributed by atoms with van der Waals surface area (Å²) in [4.78, 5) is 21.9. The fourth-order valence-electron chi connectivity index (χ4n) is 3.56. The Labute approximate surface area is 170 Å². The highest BCUT2D eigenvalue weighted by atomic mass is 32.1. The van der Waals surface area contributed by atoms with Crippen LogP contribution in [0.25, 0.3) is 10.6 Å². The van der Waals surface area contributed by atoms with Crippen LogP contribution in [-0.2, 0) is 0 Å². The van der Waals surface area contributed by atoms with Gasteiger partial charge in [-0.3, -0.25) is 4.79 Å². The first-order valence-corrected chi connectivity index (χ1v) is 10.6. The number of carbonyl (C=O) groups excluding carboxylic acids is 1. The third-order valence-corrected chi connectivity index (χ3v) is 6.19. The number of hydrogen-bond donors (Lipinski definition) is 0. The molecule has 0 saturated carbocycles.